The molecule has 0 bridgehead atoms. The number of amides is 1. The molecule has 0 aromatic heterocycles. The summed E-state index contributed by atoms with van der Waals surface area (Å²) >= 11 is 0. The third kappa shape index (κ3) is 2.41. The number of nitrogens with zero attached hydrogens (tertiary/aromatic N) is 1. The molecule has 18 heavy (non-hydrogen) atoms. The summed E-state index contributed by atoms with van der Waals surface area (Å²) < 4.78 is 25.7. The predicted molar refractivity (Wildman–Crippen MR) is 68.5 cm³/mol. The van der Waals surface area contributed by atoms with Crippen molar-refractivity contribution in [3.05, 3.63) is 29.8 Å². The van der Waals surface area contributed by atoms with Crippen LogP contribution in [-0.2, 0) is 14.8 Å². The molecule has 1 aliphatic rings. The Morgan fingerprint density at radius 2 is 1.83 bits per heavy atom. The van der Waals surface area contributed by atoms with Crippen LogP contribution in [0, 0.1) is 12.8 Å². The molecular weight excluding hydrogens is 250 g/mol. The molecule has 2 rings (SSSR count). The molecule has 1 aliphatic heterocycles. The number of benzene rings is 1. The Bertz CT molecular complexity index is 548. The number of aryl methyl sites for hydroxylation is 1. The summed E-state index contributed by atoms with van der Waals surface area (Å²) in [5, 5.41) is 0. The first-order valence-corrected chi connectivity index (χ1v) is 7.47. The maximum atomic E-state index is 12.3. The topological polar surface area (TPSA) is 54.5 Å². The van der Waals surface area contributed by atoms with E-state index in [0.29, 0.717) is 6.42 Å². The van der Waals surface area contributed by atoms with Crippen LogP contribution in [0.3, 0.4) is 0 Å². The molecule has 1 aromatic carbocycles. The first kappa shape index (κ1) is 13.1. The second-order valence-electron chi connectivity index (χ2n) is 4.88. The van der Waals surface area contributed by atoms with Crippen molar-refractivity contribution in [1.29, 1.82) is 0 Å². The molecule has 0 aliphatic carbocycles. The molecule has 0 spiro atoms. The predicted octanol–water partition coefficient (Wildman–Crippen LogP) is 1.94. The van der Waals surface area contributed by atoms with E-state index >= 15 is 0 Å². The molecule has 1 fully saturated rings. The molecule has 0 N–H and O–H groups in total. The third-order valence-corrected chi connectivity index (χ3v) is 5.07. The van der Waals surface area contributed by atoms with Gasteiger partial charge in [-0.3, -0.25) is 4.79 Å². The summed E-state index contributed by atoms with van der Waals surface area (Å²) in [6.07, 6.45) is 1.04. The van der Waals surface area contributed by atoms with Gasteiger partial charge in [0.1, 0.15) is 0 Å². The molecule has 5 heteroatoms. The van der Waals surface area contributed by atoms with Crippen molar-refractivity contribution in [2.75, 3.05) is 6.54 Å². The van der Waals surface area contributed by atoms with Crippen LogP contribution < -0.4 is 0 Å². The fourth-order valence-corrected chi connectivity index (χ4v) is 3.48. The minimum absolute atomic E-state index is 0.191. The van der Waals surface area contributed by atoms with Gasteiger partial charge in [-0.1, -0.05) is 24.6 Å². The lowest BCUT2D eigenvalue weighted by molar-refractivity contribution is -0.129. The van der Waals surface area contributed by atoms with Crippen molar-refractivity contribution >= 4 is 15.9 Å². The lowest BCUT2D eigenvalue weighted by atomic mass is 10.0. The van der Waals surface area contributed by atoms with E-state index in [2.05, 4.69) is 0 Å². The van der Waals surface area contributed by atoms with E-state index in [1.165, 1.54) is 0 Å². The highest BCUT2D eigenvalue weighted by atomic mass is 32.2. The number of sulfonamides is 1. The largest absolute Gasteiger partial charge is 0.274 e. The molecule has 1 saturated heterocycles. The average molecular weight is 267 g/mol. The van der Waals surface area contributed by atoms with Crippen LogP contribution in [-0.4, -0.2) is 25.2 Å². The zero-order chi connectivity index (χ0) is 13.3. The van der Waals surface area contributed by atoms with Gasteiger partial charge in [0.25, 0.3) is 10.0 Å². The Morgan fingerprint density at radius 3 is 2.39 bits per heavy atom. The molecule has 4 nitrogen and oxygen atoms in total. The van der Waals surface area contributed by atoms with E-state index < -0.39 is 10.0 Å². The normalized spacial score (nSPS) is 21.1. The number of hydrogen-bond donors (Lipinski definition) is 0. The first-order chi connectivity index (χ1) is 8.41. The van der Waals surface area contributed by atoms with Gasteiger partial charge in [0.15, 0.2) is 0 Å². The van der Waals surface area contributed by atoms with Crippen LogP contribution >= 0.6 is 0 Å². The fourth-order valence-electron chi connectivity index (χ4n) is 2.06. The number of rotatable bonds is 2. The monoisotopic (exact) mass is 267 g/mol. The SMILES string of the molecule is Cc1ccc(S(=O)(=O)N2CCC(C)CC2=O)cc1. The van der Waals surface area contributed by atoms with Crippen molar-refractivity contribution in [2.45, 2.75) is 31.6 Å². The Kier molecular flexibility index (Phi) is 3.43. The third-order valence-electron chi connectivity index (χ3n) is 3.24. The number of hydrogen-bond acceptors (Lipinski definition) is 3. The molecule has 1 atom stereocenters. The molecule has 1 unspecified atom stereocenters. The summed E-state index contributed by atoms with van der Waals surface area (Å²) in [6.45, 7) is 4.15. The van der Waals surface area contributed by atoms with Crippen molar-refractivity contribution < 1.29 is 13.2 Å². The second kappa shape index (κ2) is 4.72. The summed E-state index contributed by atoms with van der Waals surface area (Å²) in [5.74, 6) is -0.0312. The molecule has 0 saturated carbocycles. The Hall–Kier alpha value is -1.36. The van der Waals surface area contributed by atoms with Crippen molar-refractivity contribution in [2.24, 2.45) is 5.92 Å². The highest BCUT2D eigenvalue weighted by Gasteiger charge is 2.33. The van der Waals surface area contributed by atoms with Crippen LogP contribution in [0.1, 0.15) is 25.3 Å². The van der Waals surface area contributed by atoms with Gasteiger partial charge >= 0.3 is 0 Å². The Labute approximate surface area is 108 Å². The summed E-state index contributed by atoms with van der Waals surface area (Å²) in [7, 11) is -3.67. The van der Waals surface area contributed by atoms with Crippen molar-refractivity contribution in [3.8, 4) is 0 Å². The van der Waals surface area contributed by atoms with Gasteiger partial charge in [0.05, 0.1) is 4.90 Å². The molecule has 1 amide bonds. The highest BCUT2D eigenvalue weighted by molar-refractivity contribution is 7.89. The Morgan fingerprint density at radius 1 is 1.22 bits per heavy atom. The van der Waals surface area contributed by atoms with Gasteiger partial charge in [-0.2, -0.15) is 0 Å². The standard InChI is InChI=1S/C13H17NO3S/c1-10-3-5-12(6-4-10)18(16,17)14-8-7-11(2)9-13(14)15/h3-6,11H,7-9H2,1-2H3. The van der Waals surface area contributed by atoms with Crippen LogP contribution in [0.25, 0.3) is 0 Å². The van der Waals surface area contributed by atoms with E-state index in [1.54, 1.807) is 24.3 Å². The summed E-state index contributed by atoms with van der Waals surface area (Å²) in [5.41, 5.74) is 0.993. The zero-order valence-corrected chi connectivity index (χ0v) is 11.4. The minimum Gasteiger partial charge on any atom is -0.274 e. The van der Waals surface area contributed by atoms with Gasteiger partial charge in [-0.25, -0.2) is 12.7 Å². The minimum atomic E-state index is -3.67. The van der Waals surface area contributed by atoms with Gasteiger partial charge in [0, 0.05) is 13.0 Å². The fraction of sp³-hybridized carbons (Fsp3) is 0.462. The Balaban J connectivity index is 2.31. The second-order valence-corrected chi connectivity index (χ2v) is 6.74. The lowest BCUT2D eigenvalue weighted by Gasteiger charge is -2.29. The quantitative estimate of drug-likeness (QED) is 0.823. The highest BCUT2D eigenvalue weighted by Crippen LogP contribution is 2.24. The maximum Gasteiger partial charge on any atom is 0.266 e. The van der Waals surface area contributed by atoms with Crippen LogP contribution in [0.5, 0.6) is 0 Å². The lowest BCUT2D eigenvalue weighted by Crippen LogP contribution is -2.42. The van der Waals surface area contributed by atoms with Crippen molar-refractivity contribution in [3.63, 3.8) is 0 Å². The van der Waals surface area contributed by atoms with Gasteiger partial charge < -0.3 is 0 Å². The number of carbonyl (C=O) groups excluding carboxylic acids is 1. The van der Waals surface area contributed by atoms with E-state index in [0.717, 1.165) is 16.3 Å². The molecule has 98 valence electrons. The zero-order valence-electron chi connectivity index (χ0n) is 10.6. The molecule has 1 aromatic rings. The molecular formula is C13H17NO3S. The van der Waals surface area contributed by atoms with Crippen molar-refractivity contribution in [1.82, 2.24) is 4.31 Å². The van der Waals surface area contributed by atoms with Gasteiger partial charge in [0.2, 0.25) is 5.91 Å². The number of piperidine rings is 1. The summed E-state index contributed by atoms with van der Waals surface area (Å²) in [4.78, 5) is 12.0. The van der Waals surface area contributed by atoms with Gasteiger partial charge in [-0.05, 0) is 31.4 Å². The maximum absolute atomic E-state index is 12.3. The van der Waals surface area contributed by atoms with Gasteiger partial charge in [-0.15, -0.1) is 0 Å². The average Bonchev–Trinajstić information content (AvgIpc) is 2.29. The molecule has 1 heterocycles. The van der Waals surface area contributed by atoms with Crippen LogP contribution in [0.2, 0.25) is 0 Å². The van der Waals surface area contributed by atoms with E-state index in [-0.39, 0.29) is 23.3 Å². The first-order valence-electron chi connectivity index (χ1n) is 6.03. The van der Waals surface area contributed by atoms with E-state index in [4.69, 9.17) is 0 Å². The smallest absolute Gasteiger partial charge is 0.266 e. The summed E-state index contributed by atoms with van der Waals surface area (Å²) in [6, 6.07) is 6.58. The number of carbonyl (C=O) groups is 1. The van der Waals surface area contributed by atoms with Crippen LogP contribution in [0.15, 0.2) is 29.2 Å². The van der Waals surface area contributed by atoms with Crippen LogP contribution in [0.4, 0.5) is 0 Å². The molecule has 0 radical (unpaired) electrons. The van der Waals surface area contributed by atoms with E-state index in [1.807, 2.05) is 13.8 Å². The van der Waals surface area contributed by atoms with E-state index in [9.17, 15) is 13.2 Å².